The van der Waals surface area contributed by atoms with Crippen LogP contribution < -0.4 is 18.9 Å². The van der Waals surface area contributed by atoms with Crippen LogP contribution in [0.15, 0.2) is 59.0 Å². The fourth-order valence-corrected chi connectivity index (χ4v) is 4.27. The number of methoxy groups -OCH3 is 4. The molecule has 0 radical (unpaired) electrons. The van der Waals surface area contributed by atoms with E-state index in [1.165, 1.54) is 0 Å². The summed E-state index contributed by atoms with van der Waals surface area (Å²) in [6, 6.07) is 17.9. The zero-order chi connectivity index (χ0) is 21.3. The van der Waals surface area contributed by atoms with Gasteiger partial charge in [-0.3, -0.25) is 0 Å². The summed E-state index contributed by atoms with van der Waals surface area (Å²) in [5.41, 5.74) is 3.84. The van der Waals surface area contributed by atoms with Gasteiger partial charge in [0.25, 0.3) is 0 Å². The van der Waals surface area contributed by atoms with Crippen LogP contribution in [0, 0.1) is 3.57 Å². The molecule has 0 N–H and O–H groups in total. The first-order valence-corrected chi connectivity index (χ1v) is 10.3. The molecule has 0 atom stereocenters. The average Bonchev–Trinajstić information content (AvgIpc) is 3.13. The van der Waals surface area contributed by atoms with Gasteiger partial charge in [-0.1, -0.05) is 6.07 Å². The number of furan rings is 1. The van der Waals surface area contributed by atoms with Crippen LogP contribution in [-0.4, -0.2) is 28.4 Å². The molecule has 0 unspecified atom stereocenters. The lowest BCUT2D eigenvalue weighted by molar-refractivity contribution is 0.324. The third kappa shape index (κ3) is 3.56. The minimum atomic E-state index is 0.574. The van der Waals surface area contributed by atoms with Crippen molar-refractivity contribution in [1.82, 2.24) is 0 Å². The van der Waals surface area contributed by atoms with Crippen molar-refractivity contribution < 1.29 is 23.4 Å². The van der Waals surface area contributed by atoms with Crippen LogP contribution in [0.5, 0.6) is 23.0 Å². The van der Waals surface area contributed by atoms with E-state index < -0.39 is 0 Å². The standard InChI is InChI=1S/C24H21IO5/c1-26-17-8-5-14(6-9-17)23-22(25)18-11-15(7-10-19(18)30-23)16-12-20(27-2)24(29-4)21(13-16)28-3/h5-13H,1-4H3. The molecule has 0 fully saturated rings. The molecular formula is C24H21IO5. The Balaban J connectivity index is 1.81. The first-order valence-electron chi connectivity index (χ1n) is 9.26. The van der Waals surface area contributed by atoms with Gasteiger partial charge in [0.1, 0.15) is 17.1 Å². The maximum absolute atomic E-state index is 6.16. The van der Waals surface area contributed by atoms with E-state index in [0.29, 0.717) is 17.2 Å². The van der Waals surface area contributed by atoms with E-state index in [2.05, 4.69) is 28.7 Å². The number of fused-ring (bicyclic) bond motifs is 1. The molecular weight excluding hydrogens is 495 g/mol. The molecule has 0 saturated carbocycles. The molecule has 0 amide bonds. The second-order valence-corrected chi connectivity index (χ2v) is 7.68. The van der Waals surface area contributed by atoms with Crippen LogP contribution in [0.1, 0.15) is 0 Å². The predicted octanol–water partition coefficient (Wildman–Crippen LogP) is 6.41. The molecule has 0 spiro atoms. The van der Waals surface area contributed by atoms with Crippen LogP contribution >= 0.6 is 22.6 Å². The van der Waals surface area contributed by atoms with Crippen LogP contribution in [-0.2, 0) is 0 Å². The average molecular weight is 516 g/mol. The van der Waals surface area contributed by atoms with Gasteiger partial charge in [-0.25, -0.2) is 0 Å². The third-order valence-corrected chi connectivity index (χ3v) is 6.05. The monoisotopic (exact) mass is 516 g/mol. The summed E-state index contributed by atoms with van der Waals surface area (Å²) in [5, 5.41) is 1.05. The second-order valence-electron chi connectivity index (χ2n) is 6.60. The number of benzene rings is 3. The van der Waals surface area contributed by atoms with Gasteiger partial charge in [0, 0.05) is 10.9 Å². The Morgan fingerprint density at radius 1 is 0.667 bits per heavy atom. The van der Waals surface area contributed by atoms with E-state index in [0.717, 1.165) is 42.7 Å². The Labute approximate surface area is 188 Å². The van der Waals surface area contributed by atoms with E-state index in [1.54, 1.807) is 28.4 Å². The Bertz CT molecular complexity index is 1170. The second kappa shape index (κ2) is 8.47. The van der Waals surface area contributed by atoms with E-state index in [-0.39, 0.29) is 0 Å². The predicted molar refractivity (Wildman–Crippen MR) is 126 cm³/mol. The first-order chi connectivity index (χ1) is 14.6. The number of ether oxygens (including phenoxy) is 4. The summed E-state index contributed by atoms with van der Waals surface area (Å²) in [5.74, 6) is 3.47. The molecule has 0 aliphatic rings. The molecule has 30 heavy (non-hydrogen) atoms. The molecule has 0 aliphatic carbocycles. The van der Waals surface area contributed by atoms with Crippen molar-refractivity contribution in [3.8, 4) is 45.4 Å². The minimum Gasteiger partial charge on any atom is -0.497 e. The fourth-order valence-electron chi connectivity index (χ4n) is 3.42. The molecule has 0 bridgehead atoms. The normalized spacial score (nSPS) is 10.8. The molecule has 4 rings (SSSR count). The van der Waals surface area contributed by atoms with E-state index >= 15 is 0 Å². The number of hydrogen-bond acceptors (Lipinski definition) is 5. The molecule has 0 aliphatic heterocycles. The Kier molecular flexibility index (Phi) is 5.76. The van der Waals surface area contributed by atoms with Crippen molar-refractivity contribution in [2.24, 2.45) is 0 Å². The maximum Gasteiger partial charge on any atom is 0.203 e. The molecule has 154 valence electrons. The summed E-state index contributed by atoms with van der Waals surface area (Å²) >= 11 is 2.34. The molecule has 1 heterocycles. The largest absolute Gasteiger partial charge is 0.497 e. The van der Waals surface area contributed by atoms with Crippen LogP contribution in [0.4, 0.5) is 0 Å². The lowest BCUT2D eigenvalue weighted by Crippen LogP contribution is -1.95. The Morgan fingerprint density at radius 2 is 1.30 bits per heavy atom. The summed E-state index contributed by atoms with van der Waals surface area (Å²) in [6.45, 7) is 0. The molecule has 6 heteroatoms. The SMILES string of the molecule is COc1ccc(-c2oc3ccc(-c4cc(OC)c(OC)c(OC)c4)cc3c2I)cc1. The zero-order valence-electron chi connectivity index (χ0n) is 17.1. The van der Waals surface area contributed by atoms with Gasteiger partial charge in [0.2, 0.25) is 5.75 Å². The van der Waals surface area contributed by atoms with Gasteiger partial charge in [0.05, 0.1) is 32.0 Å². The first kappa shape index (κ1) is 20.4. The summed E-state index contributed by atoms with van der Waals surface area (Å²) in [4.78, 5) is 0. The highest BCUT2D eigenvalue weighted by Crippen LogP contribution is 2.43. The summed E-state index contributed by atoms with van der Waals surface area (Å²) < 4.78 is 28.9. The zero-order valence-corrected chi connectivity index (χ0v) is 19.3. The van der Waals surface area contributed by atoms with Crippen molar-refractivity contribution in [3.63, 3.8) is 0 Å². The summed E-state index contributed by atoms with van der Waals surface area (Å²) in [6.07, 6.45) is 0. The van der Waals surface area contributed by atoms with E-state index in [1.807, 2.05) is 48.5 Å². The molecule has 5 nitrogen and oxygen atoms in total. The van der Waals surface area contributed by atoms with Gasteiger partial charge in [-0.15, -0.1) is 0 Å². The van der Waals surface area contributed by atoms with Gasteiger partial charge in [-0.05, 0) is 82.2 Å². The highest BCUT2D eigenvalue weighted by atomic mass is 127. The van der Waals surface area contributed by atoms with Gasteiger partial charge in [-0.2, -0.15) is 0 Å². The molecule has 0 saturated heterocycles. The smallest absolute Gasteiger partial charge is 0.203 e. The van der Waals surface area contributed by atoms with Gasteiger partial charge < -0.3 is 23.4 Å². The molecule has 1 aromatic heterocycles. The summed E-state index contributed by atoms with van der Waals surface area (Å²) in [7, 11) is 6.49. The number of halogens is 1. The molecule has 4 aromatic rings. The Morgan fingerprint density at radius 3 is 1.87 bits per heavy atom. The van der Waals surface area contributed by atoms with Crippen LogP contribution in [0.3, 0.4) is 0 Å². The van der Waals surface area contributed by atoms with Gasteiger partial charge in [0.15, 0.2) is 11.5 Å². The van der Waals surface area contributed by atoms with Crippen molar-refractivity contribution >= 4 is 33.6 Å². The van der Waals surface area contributed by atoms with E-state index in [9.17, 15) is 0 Å². The van der Waals surface area contributed by atoms with Crippen molar-refractivity contribution in [1.29, 1.82) is 0 Å². The Hall–Kier alpha value is -2.87. The molecule has 3 aromatic carbocycles. The third-order valence-electron chi connectivity index (χ3n) is 4.98. The fraction of sp³-hybridized carbons (Fsp3) is 0.167. The van der Waals surface area contributed by atoms with E-state index in [4.69, 9.17) is 23.4 Å². The van der Waals surface area contributed by atoms with Crippen molar-refractivity contribution in [2.75, 3.05) is 28.4 Å². The topological polar surface area (TPSA) is 50.1 Å². The van der Waals surface area contributed by atoms with Crippen molar-refractivity contribution in [2.45, 2.75) is 0 Å². The number of hydrogen-bond donors (Lipinski definition) is 0. The van der Waals surface area contributed by atoms with Crippen LogP contribution in [0.25, 0.3) is 33.4 Å². The lowest BCUT2D eigenvalue weighted by Gasteiger charge is -2.14. The maximum atomic E-state index is 6.16. The highest BCUT2D eigenvalue weighted by Gasteiger charge is 2.17. The highest BCUT2D eigenvalue weighted by molar-refractivity contribution is 14.1. The van der Waals surface area contributed by atoms with Crippen molar-refractivity contribution in [3.05, 3.63) is 58.2 Å². The number of rotatable bonds is 6. The van der Waals surface area contributed by atoms with Gasteiger partial charge >= 0.3 is 0 Å². The van der Waals surface area contributed by atoms with Crippen LogP contribution in [0.2, 0.25) is 0 Å². The minimum absolute atomic E-state index is 0.574. The quantitative estimate of drug-likeness (QED) is 0.278. The lowest BCUT2D eigenvalue weighted by atomic mass is 10.0.